The molecule has 0 amide bonds. The molecule has 2 heteroatoms. The lowest BCUT2D eigenvalue weighted by Crippen LogP contribution is -2.03. The first kappa shape index (κ1) is 14.3. The van der Waals surface area contributed by atoms with Gasteiger partial charge in [-0.15, -0.1) is 0 Å². The number of hydrogen-bond acceptors (Lipinski definition) is 1. The third-order valence-corrected chi connectivity index (χ3v) is 3.79. The van der Waals surface area contributed by atoms with Crippen LogP contribution in [0.25, 0.3) is 10.8 Å². The van der Waals surface area contributed by atoms with E-state index < -0.39 is 0 Å². The minimum absolute atomic E-state index is 0.567. The number of benzene rings is 1. The first-order valence-corrected chi connectivity index (χ1v) is 7.86. The molecule has 0 N–H and O–H groups in total. The molecule has 0 spiro atoms. The lowest BCUT2D eigenvalue weighted by Gasteiger charge is -2.13. The Balaban J connectivity index is 2.23. The average molecular weight is 318 g/mol. The van der Waals surface area contributed by atoms with Crippen LogP contribution in [0.5, 0.6) is 0 Å². The molecule has 1 heterocycles. The summed E-state index contributed by atoms with van der Waals surface area (Å²) in [6, 6.07) is 10.6. The Morgan fingerprint density at radius 3 is 2.89 bits per heavy atom. The van der Waals surface area contributed by atoms with Gasteiger partial charge in [0.1, 0.15) is 0 Å². The average Bonchev–Trinajstić information content (AvgIpc) is 2.45. The van der Waals surface area contributed by atoms with Crippen molar-refractivity contribution >= 4 is 26.7 Å². The summed E-state index contributed by atoms with van der Waals surface area (Å²) in [5, 5.41) is 2.57. The molecule has 0 aliphatic carbocycles. The van der Waals surface area contributed by atoms with Gasteiger partial charge in [0.25, 0.3) is 0 Å². The molecule has 0 saturated heterocycles. The van der Waals surface area contributed by atoms with Crippen molar-refractivity contribution in [3.8, 4) is 0 Å². The molecule has 19 heavy (non-hydrogen) atoms. The van der Waals surface area contributed by atoms with Gasteiger partial charge in [0.05, 0.1) is 0 Å². The van der Waals surface area contributed by atoms with Crippen LogP contribution in [-0.4, -0.2) is 4.98 Å². The van der Waals surface area contributed by atoms with Gasteiger partial charge in [-0.25, -0.2) is 0 Å². The molecular formula is C17H20BrN. The Morgan fingerprint density at radius 2 is 2.11 bits per heavy atom. The zero-order chi connectivity index (χ0) is 13.5. The topological polar surface area (TPSA) is 12.9 Å². The first-order valence-electron chi connectivity index (χ1n) is 6.94. The molecule has 0 fully saturated rings. The second kappa shape index (κ2) is 7.44. The van der Waals surface area contributed by atoms with Crippen LogP contribution in [0.1, 0.15) is 31.9 Å². The van der Waals surface area contributed by atoms with Crippen LogP contribution < -0.4 is 0 Å². The van der Waals surface area contributed by atoms with E-state index in [1.54, 1.807) is 0 Å². The normalized spacial score (nSPS) is 13.2. The molecule has 0 radical (unpaired) electrons. The molecule has 1 nitrogen and oxygen atoms in total. The van der Waals surface area contributed by atoms with Crippen molar-refractivity contribution in [2.45, 2.75) is 32.6 Å². The maximum atomic E-state index is 4.59. The highest BCUT2D eigenvalue weighted by atomic mass is 79.9. The van der Waals surface area contributed by atoms with Gasteiger partial charge in [0.2, 0.25) is 0 Å². The fourth-order valence-corrected chi connectivity index (χ4v) is 2.86. The molecule has 2 rings (SSSR count). The maximum absolute atomic E-state index is 4.59. The smallest absolute Gasteiger partial charge is 0.0487 e. The molecule has 100 valence electrons. The number of rotatable bonds is 6. The summed E-state index contributed by atoms with van der Waals surface area (Å²) < 4.78 is 0. The fourth-order valence-electron chi connectivity index (χ4n) is 2.43. The van der Waals surface area contributed by atoms with Gasteiger partial charge < -0.3 is 0 Å². The van der Waals surface area contributed by atoms with Crippen LogP contribution in [0, 0.1) is 5.92 Å². The highest BCUT2D eigenvalue weighted by Gasteiger charge is 2.09. The van der Waals surface area contributed by atoms with E-state index >= 15 is 0 Å². The van der Waals surface area contributed by atoms with Crippen molar-refractivity contribution in [3.05, 3.63) is 53.3 Å². The minimum atomic E-state index is 0.567. The van der Waals surface area contributed by atoms with E-state index in [1.807, 2.05) is 11.2 Å². The van der Waals surface area contributed by atoms with Crippen LogP contribution in [0.15, 0.2) is 47.6 Å². The standard InChI is InChI=1S/C17H20BrN/c1-2-3-6-14(9-11-18)13-17-16-8-5-4-7-15(16)10-12-19-17/h4-5,7-12,14H,2-3,6,13H2,1H3. The monoisotopic (exact) mass is 317 g/mol. The van der Waals surface area contributed by atoms with Gasteiger partial charge in [-0.2, -0.15) is 0 Å². The first-order chi connectivity index (χ1) is 9.35. The zero-order valence-corrected chi connectivity index (χ0v) is 12.9. The minimum Gasteiger partial charge on any atom is -0.261 e. The van der Waals surface area contributed by atoms with Crippen molar-refractivity contribution in [2.75, 3.05) is 0 Å². The Morgan fingerprint density at radius 1 is 1.26 bits per heavy atom. The number of allylic oxidation sites excluding steroid dienone is 1. The SMILES string of the molecule is CCCCC(C=CBr)Cc1nccc2ccccc12. The van der Waals surface area contributed by atoms with E-state index in [4.69, 9.17) is 0 Å². The van der Waals surface area contributed by atoms with Crippen molar-refractivity contribution in [3.63, 3.8) is 0 Å². The molecule has 0 aliphatic rings. The van der Waals surface area contributed by atoms with E-state index in [1.165, 1.54) is 35.7 Å². The summed E-state index contributed by atoms with van der Waals surface area (Å²) in [7, 11) is 0. The molecule has 0 saturated carbocycles. The second-order valence-corrected chi connectivity index (χ2v) is 5.43. The summed E-state index contributed by atoms with van der Waals surface area (Å²) in [5.74, 6) is 0.567. The molecule has 1 aromatic heterocycles. The van der Waals surface area contributed by atoms with E-state index in [0.717, 1.165) is 6.42 Å². The fraction of sp³-hybridized carbons (Fsp3) is 0.353. The van der Waals surface area contributed by atoms with Crippen molar-refractivity contribution in [1.29, 1.82) is 0 Å². The predicted octanol–water partition coefficient (Wildman–Crippen LogP) is 5.49. The van der Waals surface area contributed by atoms with E-state index in [-0.39, 0.29) is 0 Å². The Kier molecular flexibility index (Phi) is 5.59. The van der Waals surface area contributed by atoms with Gasteiger partial charge in [-0.05, 0) is 35.2 Å². The number of unbranched alkanes of at least 4 members (excludes halogenated alkanes) is 1. The quantitative estimate of drug-likeness (QED) is 0.686. The van der Waals surface area contributed by atoms with Gasteiger partial charge in [0, 0.05) is 17.3 Å². The van der Waals surface area contributed by atoms with Gasteiger partial charge in [0.15, 0.2) is 0 Å². The largest absolute Gasteiger partial charge is 0.261 e. The van der Waals surface area contributed by atoms with E-state index in [0.29, 0.717) is 5.92 Å². The third-order valence-electron chi connectivity index (χ3n) is 3.49. The van der Waals surface area contributed by atoms with Crippen LogP contribution in [0.3, 0.4) is 0 Å². The number of fused-ring (bicyclic) bond motifs is 1. The Labute approximate surface area is 123 Å². The molecular weight excluding hydrogens is 298 g/mol. The van der Waals surface area contributed by atoms with Crippen LogP contribution >= 0.6 is 15.9 Å². The van der Waals surface area contributed by atoms with Crippen LogP contribution in [0.2, 0.25) is 0 Å². The number of pyridine rings is 1. The highest BCUT2D eigenvalue weighted by Crippen LogP contribution is 2.22. The highest BCUT2D eigenvalue weighted by molar-refractivity contribution is 9.11. The summed E-state index contributed by atoms with van der Waals surface area (Å²) in [4.78, 5) is 6.57. The van der Waals surface area contributed by atoms with Crippen molar-refractivity contribution < 1.29 is 0 Å². The lowest BCUT2D eigenvalue weighted by atomic mass is 9.94. The summed E-state index contributed by atoms with van der Waals surface area (Å²) in [5.41, 5.74) is 1.21. The van der Waals surface area contributed by atoms with Crippen molar-refractivity contribution in [1.82, 2.24) is 4.98 Å². The Hall–Kier alpha value is -1.15. The van der Waals surface area contributed by atoms with Crippen LogP contribution in [0.4, 0.5) is 0 Å². The van der Waals surface area contributed by atoms with E-state index in [2.05, 4.69) is 64.2 Å². The van der Waals surface area contributed by atoms with Gasteiger partial charge in [-0.1, -0.05) is 66.0 Å². The molecule has 1 aromatic carbocycles. The third kappa shape index (κ3) is 3.90. The molecule has 1 atom stereocenters. The summed E-state index contributed by atoms with van der Waals surface area (Å²) >= 11 is 3.40. The number of hydrogen-bond donors (Lipinski definition) is 0. The molecule has 0 aliphatic heterocycles. The molecule has 0 bridgehead atoms. The predicted molar refractivity (Wildman–Crippen MR) is 86.5 cm³/mol. The number of halogens is 1. The van der Waals surface area contributed by atoms with Crippen molar-refractivity contribution in [2.24, 2.45) is 5.92 Å². The summed E-state index contributed by atoms with van der Waals surface area (Å²) in [6.07, 6.45) is 8.93. The number of aromatic nitrogens is 1. The van der Waals surface area contributed by atoms with E-state index in [9.17, 15) is 0 Å². The Bertz CT molecular complexity index is 542. The van der Waals surface area contributed by atoms with Gasteiger partial charge in [-0.3, -0.25) is 4.98 Å². The van der Waals surface area contributed by atoms with Crippen LogP contribution in [-0.2, 0) is 6.42 Å². The van der Waals surface area contributed by atoms with Gasteiger partial charge >= 0.3 is 0 Å². The molecule has 1 unspecified atom stereocenters. The zero-order valence-electron chi connectivity index (χ0n) is 11.3. The molecule has 2 aromatic rings. The maximum Gasteiger partial charge on any atom is 0.0487 e. The lowest BCUT2D eigenvalue weighted by molar-refractivity contribution is 0.549. The summed E-state index contributed by atoms with van der Waals surface area (Å²) in [6.45, 7) is 2.24. The number of nitrogens with zero attached hydrogens (tertiary/aromatic N) is 1. The second-order valence-electron chi connectivity index (χ2n) is 4.90.